The van der Waals surface area contributed by atoms with Gasteiger partial charge >= 0.3 is 11.9 Å². The zero-order valence-corrected chi connectivity index (χ0v) is 21.1. The van der Waals surface area contributed by atoms with Crippen LogP contribution < -0.4 is 0 Å². The van der Waals surface area contributed by atoms with Crippen LogP contribution in [-0.4, -0.2) is 36.0 Å². The van der Waals surface area contributed by atoms with Crippen molar-refractivity contribution in [2.45, 2.75) is 63.9 Å². The van der Waals surface area contributed by atoms with E-state index in [2.05, 4.69) is 12.1 Å². The smallest absolute Gasteiger partial charge is 0.348 e. The van der Waals surface area contributed by atoms with Crippen LogP contribution in [0.3, 0.4) is 0 Å². The van der Waals surface area contributed by atoms with Gasteiger partial charge in [0, 0.05) is 17.2 Å². The number of rotatable bonds is 12. The van der Waals surface area contributed by atoms with E-state index in [9.17, 15) is 23.5 Å². The molecule has 0 radical (unpaired) electrons. The monoisotopic (exact) mass is 504 g/mol. The number of esters is 1. The summed E-state index contributed by atoms with van der Waals surface area (Å²) >= 11 is 1.32. The van der Waals surface area contributed by atoms with Crippen LogP contribution in [0.2, 0.25) is 0 Å². The van der Waals surface area contributed by atoms with Gasteiger partial charge in [-0.15, -0.1) is 11.3 Å². The Kier molecular flexibility index (Phi) is 9.75. The molecule has 7 heteroatoms. The molecule has 3 rings (SSSR count). The number of methoxy groups -OCH3 is 1. The van der Waals surface area contributed by atoms with Crippen molar-refractivity contribution < 1.29 is 28.2 Å². The van der Waals surface area contributed by atoms with Gasteiger partial charge in [-0.3, -0.25) is 4.79 Å². The van der Waals surface area contributed by atoms with Crippen molar-refractivity contribution >= 4 is 23.1 Å². The number of carbonyl (C=O) groups is 2. The number of carbonyl (C=O) groups excluding carboxylic acids is 2. The second kappa shape index (κ2) is 12.5. The fourth-order valence-corrected chi connectivity index (χ4v) is 5.63. The van der Waals surface area contributed by atoms with Gasteiger partial charge in [-0.25, -0.2) is 4.79 Å². The van der Waals surface area contributed by atoms with E-state index in [4.69, 9.17) is 4.74 Å². The number of benzene rings is 1. The average Bonchev–Trinajstić information content (AvgIpc) is 3.40. The molecule has 2 aromatic rings. The average molecular weight is 505 g/mol. The number of hydrogen-bond donors (Lipinski definition) is 1. The minimum Gasteiger partial charge on any atom is -0.465 e. The fourth-order valence-electron chi connectivity index (χ4n) is 4.66. The molecule has 1 aliphatic carbocycles. The van der Waals surface area contributed by atoms with E-state index in [-0.39, 0.29) is 5.92 Å². The Labute approximate surface area is 210 Å². The number of aliphatic hydroxyl groups is 1. The van der Waals surface area contributed by atoms with E-state index < -0.39 is 42.0 Å². The lowest BCUT2D eigenvalue weighted by Gasteiger charge is -2.18. The Morgan fingerprint density at radius 1 is 1.20 bits per heavy atom. The van der Waals surface area contributed by atoms with Gasteiger partial charge in [0.2, 0.25) is 5.78 Å². The van der Waals surface area contributed by atoms with Crippen molar-refractivity contribution in [1.29, 1.82) is 0 Å². The minimum atomic E-state index is -3.33. The van der Waals surface area contributed by atoms with Gasteiger partial charge in [0.25, 0.3) is 0 Å². The Bertz CT molecular complexity index is 1000. The van der Waals surface area contributed by atoms with Crippen LogP contribution in [0.1, 0.15) is 59.1 Å². The molecule has 1 N–H and O–H groups in total. The van der Waals surface area contributed by atoms with Crippen molar-refractivity contribution in [3.8, 4) is 0 Å². The Morgan fingerprint density at radius 3 is 2.66 bits per heavy atom. The first-order valence-electron chi connectivity index (χ1n) is 12.2. The summed E-state index contributed by atoms with van der Waals surface area (Å²) in [4.78, 5) is 25.4. The molecule has 4 atom stereocenters. The predicted octanol–water partition coefficient (Wildman–Crippen LogP) is 6.27. The van der Waals surface area contributed by atoms with E-state index in [0.29, 0.717) is 24.1 Å². The van der Waals surface area contributed by atoms with Crippen LogP contribution in [0.4, 0.5) is 8.78 Å². The molecule has 35 heavy (non-hydrogen) atoms. The standard InChI is InChI=1S/C28H34F2O4S/c1-19(8-6-11-20-9-4-3-5-10-20)24(31)16-14-21-18-28(29,30)26(32)23(21)13-7-12-22-15-17-25(35-22)27(33)34-2/h3-5,9-10,14-17,19,21,23-24,31H,6-8,11-13,18H2,1-2H3/t19-,21+,23?,24-/m1/s1. The number of aliphatic hydroxyl groups excluding tert-OH is 1. The number of halogens is 2. The zero-order chi connectivity index (χ0) is 25.4. The van der Waals surface area contributed by atoms with Crippen LogP contribution in [0.5, 0.6) is 0 Å². The third kappa shape index (κ3) is 7.55. The third-order valence-corrected chi connectivity index (χ3v) is 7.92. The first-order valence-corrected chi connectivity index (χ1v) is 13.0. The number of ketones is 1. The Hall–Kier alpha value is -2.38. The molecule has 1 heterocycles. The maximum absolute atomic E-state index is 14.2. The lowest BCUT2D eigenvalue weighted by molar-refractivity contribution is -0.141. The highest BCUT2D eigenvalue weighted by Gasteiger charge is 2.53. The van der Waals surface area contributed by atoms with Crippen molar-refractivity contribution in [3.05, 3.63) is 69.9 Å². The van der Waals surface area contributed by atoms with Crippen molar-refractivity contribution in [2.75, 3.05) is 7.11 Å². The molecule has 0 amide bonds. The Balaban J connectivity index is 1.51. The zero-order valence-electron chi connectivity index (χ0n) is 20.3. The Morgan fingerprint density at radius 2 is 1.94 bits per heavy atom. The highest BCUT2D eigenvalue weighted by atomic mass is 32.1. The van der Waals surface area contributed by atoms with Crippen LogP contribution in [0, 0.1) is 17.8 Å². The number of ether oxygens (including phenoxy) is 1. The molecule has 1 fully saturated rings. The van der Waals surface area contributed by atoms with Crippen LogP contribution in [-0.2, 0) is 22.4 Å². The maximum atomic E-state index is 14.2. The van der Waals surface area contributed by atoms with E-state index in [0.717, 1.165) is 24.1 Å². The van der Waals surface area contributed by atoms with Crippen LogP contribution in [0.15, 0.2) is 54.6 Å². The number of thiophene rings is 1. The minimum absolute atomic E-state index is 0.00568. The highest BCUT2D eigenvalue weighted by molar-refractivity contribution is 7.13. The molecule has 0 saturated heterocycles. The molecule has 1 saturated carbocycles. The highest BCUT2D eigenvalue weighted by Crippen LogP contribution is 2.43. The number of aryl methyl sites for hydroxylation is 2. The molecule has 190 valence electrons. The second-order valence-electron chi connectivity index (χ2n) is 9.42. The van der Waals surface area contributed by atoms with Gasteiger partial charge in [0.1, 0.15) is 4.88 Å². The molecule has 0 spiro atoms. The molecule has 1 aromatic heterocycles. The quantitative estimate of drug-likeness (QED) is 0.273. The van der Waals surface area contributed by atoms with Gasteiger partial charge in [0.05, 0.1) is 13.2 Å². The summed E-state index contributed by atoms with van der Waals surface area (Å²) in [5, 5.41) is 10.6. The van der Waals surface area contributed by atoms with Gasteiger partial charge in [-0.05, 0) is 68.1 Å². The SMILES string of the molecule is COC(=O)c1ccc(CCCC2C(=O)C(F)(F)C[C@@H]2C=C[C@@H](O)[C@H](C)CCCc2ccccc2)s1. The third-order valence-electron chi connectivity index (χ3n) is 6.80. The molecule has 0 bridgehead atoms. The lowest BCUT2D eigenvalue weighted by atomic mass is 9.88. The number of allylic oxidation sites excluding steroid dienone is 1. The largest absolute Gasteiger partial charge is 0.465 e. The van der Waals surface area contributed by atoms with Crippen molar-refractivity contribution in [3.63, 3.8) is 0 Å². The maximum Gasteiger partial charge on any atom is 0.348 e. The van der Waals surface area contributed by atoms with E-state index >= 15 is 0 Å². The van der Waals surface area contributed by atoms with E-state index in [1.807, 2.05) is 31.2 Å². The fraction of sp³-hybridized carbons (Fsp3) is 0.500. The molecular weight excluding hydrogens is 470 g/mol. The van der Waals surface area contributed by atoms with Gasteiger partial charge in [-0.2, -0.15) is 8.78 Å². The van der Waals surface area contributed by atoms with Crippen LogP contribution in [0.25, 0.3) is 0 Å². The van der Waals surface area contributed by atoms with Gasteiger partial charge in [0.15, 0.2) is 0 Å². The molecule has 1 aliphatic rings. The van der Waals surface area contributed by atoms with Gasteiger partial charge < -0.3 is 9.84 Å². The van der Waals surface area contributed by atoms with Gasteiger partial charge in [-0.1, -0.05) is 49.4 Å². The summed E-state index contributed by atoms with van der Waals surface area (Å²) in [5.41, 5.74) is 1.25. The summed E-state index contributed by atoms with van der Waals surface area (Å²) < 4.78 is 33.2. The molecular formula is C28H34F2O4S. The summed E-state index contributed by atoms with van der Waals surface area (Å²) in [6.45, 7) is 1.95. The first-order chi connectivity index (χ1) is 16.7. The second-order valence-corrected chi connectivity index (χ2v) is 10.6. The summed E-state index contributed by atoms with van der Waals surface area (Å²) in [6.07, 6.45) is 6.17. The van der Waals surface area contributed by atoms with E-state index in [1.165, 1.54) is 24.0 Å². The predicted molar refractivity (Wildman–Crippen MR) is 134 cm³/mol. The normalized spacial score (nSPS) is 21.3. The molecule has 1 unspecified atom stereocenters. The lowest BCUT2D eigenvalue weighted by Crippen LogP contribution is -2.25. The molecule has 0 aliphatic heterocycles. The summed E-state index contributed by atoms with van der Waals surface area (Å²) in [7, 11) is 1.32. The number of alkyl halides is 2. The molecule has 4 nitrogen and oxygen atoms in total. The van der Waals surface area contributed by atoms with E-state index in [1.54, 1.807) is 18.2 Å². The molecule has 1 aromatic carbocycles. The van der Waals surface area contributed by atoms with Crippen molar-refractivity contribution in [2.24, 2.45) is 17.8 Å². The summed E-state index contributed by atoms with van der Waals surface area (Å²) in [5.74, 6) is -6.08. The topological polar surface area (TPSA) is 63.6 Å². The number of hydrogen-bond acceptors (Lipinski definition) is 5. The summed E-state index contributed by atoms with van der Waals surface area (Å²) in [6, 6.07) is 13.7. The number of Topliss-reactive ketones (excluding diaryl/α,β-unsaturated/α-hetero) is 1. The van der Waals surface area contributed by atoms with Crippen LogP contribution >= 0.6 is 11.3 Å². The van der Waals surface area contributed by atoms with Crippen molar-refractivity contribution in [1.82, 2.24) is 0 Å². The first kappa shape index (κ1) is 27.2.